The zero-order valence-electron chi connectivity index (χ0n) is 13.9. The summed E-state index contributed by atoms with van der Waals surface area (Å²) in [6.45, 7) is 2.46. The number of rotatable bonds is 5. The highest BCUT2D eigenvalue weighted by molar-refractivity contribution is 9.10. The fourth-order valence-electron chi connectivity index (χ4n) is 4.79. The molecule has 2 unspecified atom stereocenters. The third-order valence-corrected chi connectivity index (χ3v) is 7.97. The number of hydrogen-bond acceptors (Lipinski definition) is 4. The van der Waals surface area contributed by atoms with Crippen LogP contribution in [-0.2, 0) is 14.3 Å². The van der Waals surface area contributed by atoms with E-state index in [0.29, 0.717) is 5.92 Å². The Balaban J connectivity index is 1.79. The maximum Gasteiger partial charge on any atom is 0.297 e. The molecule has 0 amide bonds. The minimum atomic E-state index is -3.74. The first-order valence-corrected chi connectivity index (χ1v) is 10.9. The van der Waals surface area contributed by atoms with Crippen LogP contribution < -0.4 is 0 Å². The molecule has 2 aliphatic carbocycles. The molecule has 0 radical (unpaired) electrons. The molecule has 0 aromatic heterocycles. The van der Waals surface area contributed by atoms with Crippen LogP contribution in [0.15, 0.2) is 33.6 Å². The number of fused-ring (bicyclic) bond motifs is 1. The molecule has 3 rings (SSSR count). The van der Waals surface area contributed by atoms with Gasteiger partial charge in [-0.05, 0) is 73.6 Å². The van der Waals surface area contributed by atoms with Gasteiger partial charge >= 0.3 is 0 Å². The first kappa shape index (κ1) is 18.4. The largest absolute Gasteiger partial charge is 0.396 e. The van der Waals surface area contributed by atoms with E-state index in [2.05, 4.69) is 22.9 Å². The van der Waals surface area contributed by atoms with Gasteiger partial charge in [0.05, 0.1) is 11.0 Å². The Kier molecular flexibility index (Phi) is 5.40. The zero-order valence-corrected chi connectivity index (χ0v) is 16.4. The zero-order chi connectivity index (χ0) is 17.4. The molecule has 1 N–H and O–H groups in total. The quantitative estimate of drug-likeness (QED) is 0.732. The second kappa shape index (κ2) is 7.06. The smallest absolute Gasteiger partial charge is 0.297 e. The van der Waals surface area contributed by atoms with Crippen molar-refractivity contribution in [3.63, 3.8) is 0 Å². The highest BCUT2D eigenvalue weighted by atomic mass is 79.9. The molecule has 2 fully saturated rings. The molecule has 2 saturated carbocycles. The standard InChI is InChI=1S/C18H25BrO4S/c1-18-11-2-3-17(16(18)9-4-13(18)10-12-20)23-24(21,22)15-7-5-14(19)6-8-15/h5-8,13,16-17,20H,2-4,9-12H2,1H3/t13?,16?,17-,18+/m0/s1. The molecule has 0 aliphatic heterocycles. The van der Waals surface area contributed by atoms with Crippen LogP contribution in [0.25, 0.3) is 0 Å². The van der Waals surface area contributed by atoms with Gasteiger partial charge in [-0.3, -0.25) is 4.18 Å². The van der Waals surface area contributed by atoms with Crippen molar-refractivity contribution < 1.29 is 17.7 Å². The second-order valence-corrected chi connectivity index (χ2v) is 9.82. The van der Waals surface area contributed by atoms with Gasteiger partial charge in [0.2, 0.25) is 0 Å². The van der Waals surface area contributed by atoms with E-state index < -0.39 is 10.1 Å². The van der Waals surface area contributed by atoms with Crippen LogP contribution in [0.3, 0.4) is 0 Å². The SMILES string of the molecule is C[C@]12CCC[C@H](OS(=O)(=O)c3ccc(Br)cc3)C1CCC2CCO. The Morgan fingerprint density at radius 3 is 2.62 bits per heavy atom. The molecule has 4 atom stereocenters. The maximum atomic E-state index is 12.6. The molecule has 134 valence electrons. The average Bonchev–Trinajstić information content (AvgIpc) is 2.86. The third kappa shape index (κ3) is 3.43. The van der Waals surface area contributed by atoms with Crippen molar-refractivity contribution in [1.82, 2.24) is 0 Å². The van der Waals surface area contributed by atoms with Crippen molar-refractivity contribution >= 4 is 26.0 Å². The lowest BCUT2D eigenvalue weighted by molar-refractivity contribution is -0.00401. The summed E-state index contributed by atoms with van der Waals surface area (Å²) in [6, 6.07) is 6.58. The summed E-state index contributed by atoms with van der Waals surface area (Å²) in [6.07, 6.45) is 5.47. The third-order valence-electron chi connectivity index (χ3n) is 6.09. The molecule has 24 heavy (non-hydrogen) atoms. The predicted octanol–water partition coefficient (Wildman–Crippen LogP) is 4.12. The summed E-state index contributed by atoms with van der Waals surface area (Å²) in [5.74, 6) is 0.724. The number of halogens is 1. The van der Waals surface area contributed by atoms with E-state index in [4.69, 9.17) is 4.18 Å². The maximum absolute atomic E-state index is 12.6. The lowest BCUT2D eigenvalue weighted by atomic mass is 9.64. The van der Waals surface area contributed by atoms with E-state index in [1.165, 1.54) is 0 Å². The van der Waals surface area contributed by atoms with Gasteiger partial charge in [-0.1, -0.05) is 29.3 Å². The van der Waals surface area contributed by atoms with Gasteiger partial charge in [-0.15, -0.1) is 0 Å². The summed E-state index contributed by atoms with van der Waals surface area (Å²) in [5.41, 5.74) is 0.0842. The molecule has 0 bridgehead atoms. The van der Waals surface area contributed by atoms with Crippen molar-refractivity contribution in [3.05, 3.63) is 28.7 Å². The average molecular weight is 417 g/mol. The Morgan fingerprint density at radius 2 is 1.96 bits per heavy atom. The van der Waals surface area contributed by atoms with E-state index in [1.54, 1.807) is 24.3 Å². The van der Waals surface area contributed by atoms with Crippen LogP contribution in [0.2, 0.25) is 0 Å². The highest BCUT2D eigenvalue weighted by Gasteiger charge is 2.52. The molecule has 0 saturated heterocycles. The van der Waals surface area contributed by atoms with Gasteiger partial charge in [0, 0.05) is 11.1 Å². The minimum Gasteiger partial charge on any atom is -0.396 e. The van der Waals surface area contributed by atoms with Crippen molar-refractivity contribution in [2.75, 3.05) is 6.61 Å². The highest BCUT2D eigenvalue weighted by Crippen LogP contribution is 2.57. The Bertz CT molecular complexity index is 673. The Labute approximate surface area is 152 Å². The lowest BCUT2D eigenvalue weighted by Gasteiger charge is -2.44. The van der Waals surface area contributed by atoms with Crippen molar-refractivity contribution in [3.8, 4) is 0 Å². The normalized spacial score (nSPS) is 33.4. The topological polar surface area (TPSA) is 63.6 Å². The lowest BCUT2D eigenvalue weighted by Crippen LogP contribution is -2.42. The second-order valence-electron chi connectivity index (χ2n) is 7.33. The molecule has 1 aromatic rings. The molecule has 0 spiro atoms. The number of hydrogen-bond donors (Lipinski definition) is 1. The Morgan fingerprint density at radius 1 is 1.25 bits per heavy atom. The van der Waals surface area contributed by atoms with Gasteiger partial charge < -0.3 is 5.11 Å². The van der Waals surface area contributed by atoms with E-state index in [1.807, 2.05) is 0 Å². The number of benzene rings is 1. The summed E-state index contributed by atoms with van der Waals surface area (Å²) in [7, 11) is -3.74. The molecule has 0 heterocycles. The molecule has 6 heteroatoms. The molecule has 1 aromatic carbocycles. The van der Waals surface area contributed by atoms with Crippen molar-refractivity contribution in [2.45, 2.75) is 56.4 Å². The van der Waals surface area contributed by atoms with Crippen LogP contribution >= 0.6 is 15.9 Å². The minimum absolute atomic E-state index is 0.0842. The first-order chi connectivity index (χ1) is 11.4. The van der Waals surface area contributed by atoms with Crippen LogP contribution in [0.4, 0.5) is 0 Å². The monoisotopic (exact) mass is 416 g/mol. The predicted molar refractivity (Wildman–Crippen MR) is 96.1 cm³/mol. The molecular weight excluding hydrogens is 392 g/mol. The molecular formula is C18H25BrO4S. The van der Waals surface area contributed by atoms with Gasteiger partial charge in [0.15, 0.2) is 0 Å². The van der Waals surface area contributed by atoms with Crippen LogP contribution in [0.1, 0.15) is 45.4 Å². The van der Waals surface area contributed by atoms with Crippen molar-refractivity contribution in [2.24, 2.45) is 17.3 Å². The fraction of sp³-hybridized carbons (Fsp3) is 0.667. The number of aliphatic hydroxyl groups excluding tert-OH is 1. The summed E-state index contributed by atoms with van der Waals surface area (Å²) >= 11 is 3.32. The fourth-order valence-corrected chi connectivity index (χ4v) is 6.19. The van der Waals surface area contributed by atoms with Gasteiger partial charge in [-0.25, -0.2) is 0 Å². The Hall–Kier alpha value is -0.430. The van der Waals surface area contributed by atoms with E-state index in [-0.39, 0.29) is 28.9 Å². The van der Waals surface area contributed by atoms with Gasteiger partial charge in [0.1, 0.15) is 0 Å². The van der Waals surface area contributed by atoms with E-state index in [9.17, 15) is 13.5 Å². The van der Waals surface area contributed by atoms with Crippen LogP contribution in [0, 0.1) is 17.3 Å². The van der Waals surface area contributed by atoms with Gasteiger partial charge in [-0.2, -0.15) is 8.42 Å². The van der Waals surface area contributed by atoms with Crippen LogP contribution in [0.5, 0.6) is 0 Å². The van der Waals surface area contributed by atoms with Gasteiger partial charge in [0.25, 0.3) is 10.1 Å². The molecule has 4 nitrogen and oxygen atoms in total. The van der Waals surface area contributed by atoms with E-state index >= 15 is 0 Å². The van der Waals surface area contributed by atoms with Crippen molar-refractivity contribution in [1.29, 1.82) is 0 Å². The summed E-state index contributed by atoms with van der Waals surface area (Å²) in [4.78, 5) is 0.211. The van der Waals surface area contributed by atoms with E-state index in [0.717, 1.165) is 43.0 Å². The van der Waals surface area contributed by atoms with Crippen LogP contribution in [-0.4, -0.2) is 26.2 Å². The summed E-state index contributed by atoms with van der Waals surface area (Å²) in [5, 5.41) is 9.32. The summed E-state index contributed by atoms with van der Waals surface area (Å²) < 4.78 is 31.8. The molecule has 2 aliphatic rings. The first-order valence-electron chi connectivity index (χ1n) is 8.66. The number of aliphatic hydroxyl groups is 1.